The Labute approximate surface area is 89.6 Å². The molecule has 1 unspecified atom stereocenters. The molecule has 15 heavy (non-hydrogen) atoms. The SMILES string of the molecule is C=C=CCC(Cc1ccccc1)C(=O)O. The van der Waals surface area contributed by atoms with E-state index in [4.69, 9.17) is 5.11 Å². The van der Waals surface area contributed by atoms with Gasteiger partial charge in [-0.3, -0.25) is 4.79 Å². The molecule has 1 aromatic carbocycles. The number of hydrogen-bond donors (Lipinski definition) is 1. The topological polar surface area (TPSA) is 37.3 Å². The van der Waals surface area contributed by atoms with Gasteiger partial charge in [-0.05, 0) is 24.5 Å². The van der Waals surface area contributed by atoms with Crippen LogP contribution < -0.4 is 0 Å². The number of rotatable bonds is 5. The van der Waals surface area contributed by atoms with Crippen molar-refractivity contribution in [2.24, 2.45) is 5.92 Å². The van der Waals surface area contributed by atoms with Gasteiger partial charge < -0.3 is 5.11 Å². The van der Waals surface area contributed by atoms with Gasteiger partial charge in [-0.2, -0.15) is 0 Å². The van der Waals surface area contributed by atoms with E-state index >= 15 is 0 Å². The molecule has 0 heterocycles. The minimum absolute atomic E-state index is 0.387. The third-order valence-electron chi connectivity index (χ3n) is 2.22. The number of allylic oxidation sites excluding steroid dienone is 1. The van der Waals surface area contributed by atoms with Crippen LogP contribution in [0.25, 0.3) is 0 Å². The van der Waals surface area contributed by atoms with Crippen LogP contribution >= 0.6 is 0 Å². The Morgan fingerprint density at radius 2 is 2.13 bits per heavy atom. The van der Waals surface area contributed by atoms with Crippen molar-refractivity contribution < 1.29 is 9.90 Å². The molecule has 0 bridgehead atoms. The Balaban J connectivity index is 2.67. The first-order valence-electron chi connectivity index (χ1n) is 4.85. The molecular formula is C13H14O2. The number of hydrogen-bond acceptors (Lipinski definition) is 1. The highest BCUT2D eigenvalue weighted by Crippen LogP contribution is 2.12. The minimum Gasteiger partial charge on any atom is -0.481 e. The van der Waals surface area contributed by atoms with E-state index < -0.39 is 5.97 Å². The third-order valence-corrected chi connectivity index (χ3v) is 2.22. The van der Waals surface area contributed by atoms with Gasteiger partial charge >= 0.3 is 5.97 Å². The monoisotopic (exact) mass is 202 g/mol. The molecule has 1 rings (SSSR count). The van der Waals surface area contributed by atoms with Gasteiger partial charge in [0.2, 0.25) is 0 Å². The maximum Gasteiger partial charge on any atom is 0.307 e. The molecule has 0 aromatic heterocycles. The van der Waals surface area contributed by atoms with Crippen molar-refractivity contribution in [2.75, 3.05) is 0 Å². The van der Waals surface area contributed by atoms with Gasteiger partial charge in [0.15, 0.2) is 0 Å². The summed E-state index contributed by atoms with van der Waals surface area (Å²) in [6, 6.07) is 9.62. The zero-order valence-electron chi connectivity index (χ0n) is 8.52. The molecule has 0 radical (unpaired) electrons. The normalized spacial score (nSPS) is 11.5. The van der Waals surface area contributed by atoms with Crippen molar-refractivity contribution >= 4 is 5.97 Å². The highest BCUT2D eigenvalue weighted by Gasteiger charge is 2.15. The average Bonchev–Trinajstić information content (AvgIpc) is 2.25. The van der Waals surface area contributed by atoms with Crippen molar-refractivity contribution in [3.8, 4) is 0 Å². The molecule has 0 aliphatic rings. The lowest BCUT2D eigenvalue weighted by molar-refractivity contribution is -0.141. The highest BCUT2D eigenvalue weighted by molar-refractivity contribution is 5.70. The second-order valence-electron chi connectivity index (χ2n) is 3.37. The summed E-state index contributed by atoms with van der Waals surface area (Å²) >= 11 is 0. The van der Waals surface area contributed by atoms with Crippen molar-refractivity contribution in [3.05, 3.63) is 54.3 Å². The fourth-order valence-corrected chi connectivity index (χ4v) is 1.40. The Hall–Kier alpha value is -1.79. The number of carboxylic acids is 1. The summed E-state index contributed by atoms with van der Waals surface area (Å²) in [7, 11) is 0. The van der Waals surface area contributed by atoms with E-state index in [9.17, 15) is 4.79 Å². The summed E-state index contributed by atoms with van der Waals surface area (Å²) in [6.07, 6.45) is 2.70. The molecule has 1 N–H and O–H groups in total. The van der Waals surface area contributed by atoms with E-state index in [0.717, 1.165) is 5.56 Å². The maximum absolute atomic E-state index is 10.9. The molecule has 0 saturated heterocycles. The van der Waals surface area contributed by atoms with Crippen LogP contribution in [0.3, 0.4) is 0 Å². The van der Waals surface area contributed by atoms with Gasteiger partial charge in [-0.15, -0.1) is 5.73 Å². The van der Waals surface area contributed by atoms with E-state index in [2.05, 4.69) is 12.3 Å². The summed E-state index contributed by atoms with van der Waals surface area (Å²) < 4.78 is 0. The van der Waals surface area contributed by atoms with Gasteiger partial charge in [0.1, 0.15) is 0 Å². The average molecular weight is 202 g/mol. The molecule has 0 spiro atoms. The highest BCUT2D eigenvalue weighted by atomic mass is 16.4. The van der Waals surface area contributed by atoms with Crippen LogP contribution in [0.4, 0.5) is 0 Å². The number of carbonyl (C=O) groups is 1. The van der Waals surface area contributed by atoms with Gasteiger partial charge in [-0.1, -0.05) is 36.9 Å². The fraction of sp³-hybridized carbons (Fsp3) is 0.231. The molecule has 78 valence electrons. The standard InChI is InChI=1S/C13H14O2/c1-2-3-9-12(13(14)15)10-11-7-5-4-6-8-11/h3-8,12H,1,9-10H2,(H,14,15). The third kappa shape index (κ3) is 3.84. The number of carboxylic acid groups (broad SMARTS) is 1. The molecule has 1 atom stereocenters. The Kier molecular flexibility index (Phi) is 4.39. The zero-order valence-corrected chi connectivity index (χ0v) is 8.52. The van der Waals surface area contributed by atoms with E-state index in [1.807, 2.05) is 30.3 Å². The molecule has 2 heteroatoms. The van der Waals surface area contributed by atoms with Crippen molar-refractivity contribution in [3.63, 3.8) is 0 Å². The Morgan fingerprint density at radius 1 is 1.47 bits per heavy atom. The van der Waals surface area contributed by atoms with Crippen molar-refractivity contribution in [2.45, 2.75) is 12.8 Å². The first-order valence-corrected chi connectivity index (χ1v) is 4.85. The zero-order chi connectivity index (χ0) is 11.1. The maximum atomic E-state index is 10.9. The predicted molar refractivity (Wildman–Crippen MR) is 59.6 cm³/mol. The molecule has 0 amide bonds. The Bertz CT molecular complexity index is 361. The van der Waals surface area contributed by atoms with Gasteiger partial charge in [0.25, 0.3) is 0 Å². The molecule has 0 fully saturated rings. The largest absolute Gasteiger partial charge is 0.481 e. The second-order valence-corrected chi connectivity index (χ2v) is 3.37. The summed E-state index contributed by atoms with van der Waals surface area (Å²) in [4.78, 5) is 10.9. The quantitative estimate of drug-likeness (QED) is 0.745. The van der Waals surface area contributed by atoms with Crippen LogP contribution in [-0.2, 0) is 11.2 Å². The van der Waals surface area contributed by atoms with Crippen LogP contribution in [0, 0.1) is 5.92 Å². The van der Waals surface area contributed by atoms with Gasteiger partial charge in [0.05, 0.1) is 5.92 Å². The van der Waals surface area contributed by atoms with Crippen LogP contribution in [0.1, 0.15) is 12.0 Å². The predicted octanol–water partition coefficient (Wildman–Crippen LogP) is 2.66. The number of aliphatic carboxylic acids is 1. The summed E-state index contributed by atoms with van der Waals surface area (Å²) in [5.74, 6) is -1.16. The Morgan fingerprint density at radius 3 is 2.67 bits per heavy atom. The lowest BCUT2D eigenvalue weighted by Crippen LogP contribution is -2.15. The lowest BCUT2D eigenvalue weighted by atomic mass is 9.96. The minimum atomic E-state index is -0.773. The van der Waals surface area contributed by atoms with Crippen LogP contribution in [0.15, 0.2) is 48.7 Å². The molecule has 0 saturated carbocycles. The van der Waals surface area contributed by atoms with E-state index in [0.29, 0.717) is 12.8 Å². The fourth-order valence-electron chi connectivity index (χ4n) is 1.40. The van der Waals surface area contributed by atoms with Crippen LogP contribution in [0.2, 0.25) is 0 Å². The summed E-state index contributed by atoms with van der Waals surface area (Å²) in [5.41, 5.74) is 3.64. The lowest BCUT2D eigenvalue weighted by Gasteiger charge is -2.09. The summed E-state index contributed by atoms with van der Waals surface area (Å²) in [5, 5.41) is 8.99. The smallest absolute Gasteiger partial charge is 0.307 e. The van der Waals surface area contributed by atoms with Crippen molar-refractivity contribution in [1.29, 1.82) is 0 Å². The first-order chi connectivity index (χ1) is 7.24. The van der Waals surface area contributed by atoms with Crippen LogP contribution in [0.5, 0.6) is 0 Å². The molecular weight excluding hydrogens is 188 g/mol. The first kappa shape index (κ1) is 11.3. The number of benzene rings is 1. The molecule has 0 aliphatic carbocycles. The summed E-state index contributed by atoms with van der Waals surface area (Å²) in [6.45, 7) is 3.43. The van der Waals surface area contributed by atoms with Gasteiger partial charge in [-0.25, -0.2) is 0 Å². The second kappa shape index (κ2) is 5.84. The van der Waals surface area contributed by atoms with E-state index in [-0.39, 0.29) is 5.92 Å². The van der Waals surface area contributed by atoms with Crippen LogP contribution in [-0.4, -0.2) is 11.1 Å². The molecule has 1 aromatic rings. The molecule has 0 aliphatic heterocycles. The van der Waals surface area contributed by atoms with E-state index in [1.54, 1.807) is 6.08 Å². The molecule has 2 nitrogen and oxygen atoms in total. The van der Waals surface area contributed by atoms with E-state index in [1.165, 1.54) is 0 Å². The van der Waals surface area contributed by atoms with Gasteiger partial charge in [0, 0.05) is 0 Å². The van der Waals surface area contributed by atoms with Crippen molar-refractivity contribution in [1.82, 2.24) is 0 Å².